The van der Waals surface area contributed by atoms with Gasteiger partial charge in [0.1, 0.15) is 0 Å². The fraction of sp³-hybridized carbons (Fsp3) is 0.133. The third kappa shape index (κ3) is 3.44. The summed E-state index contributed by atoms with van der Waals surface area (Å²) in [5.74, 6) is -0.877. The molecule has 4 nitrogen and oxygen atoms in total. The molecule has 0 saturated carbocycles. The zero-order valence-electron chi connectivity index (χ0n) is 11.3. The van der Waals surface area contributed by atoms with Gasteiger partial charge in [-0.1, -0.05) is 29.8 Å². The van der Waals surface area contributed by atoms with Crippen molar-refractivity contribution in [1.82, 2.24) is 0 Å². The monoisotopic (exact) mass is 415 g/mol. The van der Waals surface area contributed by atoms with E-state index < -0.39 is 21.0 Å². The largest absolute Gasteiger partial charge is 0.368 e. The number of aryl methyl sites for hydroxylation is 1. The molecule has 0 fully saturated rings. The van der Waals surface area contributed by atoms with Gasteiger partial charge in [0, 0.05) is 3.57 Å². The average molecular weight is 415 g/mol. The van der Waals surface area contributed by atoms with Gasteiger partial charge in [-0.2, -0.15) is 0 Å². The van der Waals surface area contributed by atoms with Crippen LogP contribution in [0.25, 0.3) is 0 Å². The molecule has 1 unspecified atom stereocenters. The van der Waals surface area contributed by atoms with E-state index in [4.69, 9.17) is 5.73 Å². The van der Waals surface area contributed by atoms with Crippen molar-refractivity contribution in [3.05, 3.63) is 63.2 Å². The number of halogens is 1. The molecule has 6 heteroatoms. The van der Waals surface area contributed by atoms with Crippen LogP contribution in [0, 0.1) is 10.5 Å². The molecule has 2 aromatic rings. The summed E-state index contributed by atoms with van der Waals surface area (Å²) < 4.78 is 26.2. The molecule has 2 rings (SSSR count). The number of primary amides is 1. The minimum atomic E-state index is -3.86. The summed E-state index contributed by atoms with van der Waals surface area (Å²) >= 11 is 2.06. The van der Waals surface area contributed by atoms with Gasteiger partial charge >= 0.3 is 0 Å². The van der Waals surface area contributed by atoms with Crippen LogP contribution in [-0.2, 0) is 14.6 Å². The molecule has 0 aliphatic heterocycles. The van der Waals surface area contributed by atoms with E-state index >= 15 is 0 Å². The average Bonchev–Trinajstić information content (AvgIpc) is 2.38. The molecule has 0 aromatic heterocycles. The lowest BCUT2D eigenvalue weighted by atomic mass is 10.1. The van der Waals surface area contributed by atoms with Gasteiger partial charge in [0.05, 0.1) is 4.90 Å². The van der Waals surface area contributed by atoms with E-state index in [2.05, 4.69) is 22.6 Å². The highest BCUT2D eigenvalue weighted by Crippen LogP contribution is 2.29. The van der Waals surface area contributed by atoms with Crippen LogP contribution < -0.4 is 5.73 Å². The minimum absolute atomic E-state index is 0.0933. The molecule has 0 bridgehead atoms. The van der Waals surface area contributed by atoms with Crippen molar-refractivity contribution < 1.29 is 13.2 Å². The van der Waals surface area contributed by atoms with Crippen LogP contribution in [0.5, 0.6) is 0 Å². The van der Waals surface area contributed by atoms with Crippen molar-refractivity contribution in [2.75, 3.05) is 0 Å². The molecule has 0 heterocycles. The van der Waals surface area contributed by atoms with E-state index in [-0.39, 0.29) is 4.90 Å². The molecule has 1 amide bonds. The molecule has 2 N–H and O–H groups in total. The normalized spacial score (nSPS) is 12.9. The Hall–Kier alpha value is -1.41. The maximum atomic E-state index is 12.7. The summed E-state index contributed by atoms with van der Waals surface area (Å²) in [6.45, 7) is 1.86. The Kier molecular flexibility index (Phi) is 4.67. The van der Waals surface area contributed by atoms with Gasteiger partial charge in [-0.3, -0.25) is 4.79 Å². The third-order valence-corrected chi connectivity index (χ3v) is 5.79. The smallest absolute Gasteiger partial charge is 0.240 e. The first-order chi connectivity index (χ1) is 9.82. The lowest BCUT2D eigenvalue weighted by Crippen LogP contribution is -2.28. The summed E-state index contributed by atoms with van der Waals surface area (Å²) in [5.41, 5.74) is 6.68. The van der Waals surface area contributed by atoms with E-state index in [1.54, 1.807) is 30.3 Å². The maximum Gasteiger partial charge on any atom is 0.240 e. The molecule has 1 atom stereocenters. The summed E-state index contributed by atoms with van der Waals surface area (Å²) in [7, 11) is -3.86. The first-order valence-corrected chi connectivity index (χ1v) is 8.80. The van der Waals surface area contributed by atoms with Gasteiger partial charge in [-0.25, -0.2) is 8.42 Å². The Morgan fingerprint density at radius 1 is 1.14 bits per heavy atom. The van der Waals surface area contributed by atoms with Crippen LogP contribution in [0.1, 0.15) is 16.4 Å². The fourth-order valence-electron chi connectivity index (χ4n) is 2.03. The van der Waals surface area contributed by atoms with Gasteiger partial charge in [-0.05, 0) is 59.3 Å². The molecule has 0 spiro atoms. The highest BCUT2D eigenvalue weighted by atomic mass is 127. The van der Waals surface area contributed by atoms with Crippen LogP contribution in [0.2, 0.25) is 0 Å². The Balaban J connectivity index is 2.57. The van der Waals surface area contributed by atoms with Crippen molar-refractivity contribution >= 4 is 38.3 Å². The first kappa shape index (κ1) is 16.0. The van der Waals surface area contributed by atoms with Crippen LogP contribution in [-0.4, -0.2) is 14.3 Å². The van der Waals surface area contributed by atoms with Crippen LogP contribution in [0.4, 0.5) is 0 Å². The molecular formula is C15H14INO3S. The second-order valence-corrected chi connectivity index (χ2v) is 7.97. The Morgan fingerprint density at radius 2 is 1.76 bits per heavy atom. The number of hydrogen-bond acceptors (Lipinski definition) is 3. The van der Waals surface area contributed by atoms with Crippen LogP contribution in [0.15, 0.2) is 53.4 Å². The first-order valence-electron chi connectivity index (χ1n) is 6.18. The van der Waals surface area contributed by atoms with Gasteiger partial charge in [0.25, 0.3) is 0 Å². The Labute approximate surface area is 137 Å². The number of nitrogens with two attached hydrogens (primary N) is 1. The highest BCUT2D eigenvalue weighted by molar-refractivity contribution is 14.1. The SMILES string of the molecule is Cc1ccc(S(=O)(=O)C(C(N)=O)c2cccc(I)c2)cc1. The van der Waals surface area contributed by atoms with Gasteiger partial charge in [-0.15, -0.1) is 0 Å². The number of carbonyl (C=O) groups is 1. The molecule has 0 aliphatic carbocycles. The van der Waals surface area contributed by atoms with E-state index in [9.17, 15) is 13.2 Å². The van der Waals surface area contributed by atoms with E-state index in [0.717, 1.165) is 9.13 Å². The minimum Gasteiger partial charge on any atom is -0.368 e. The third-order valence-electron chi connectivity index (χ3n) is 3.07. The zero-order chi connectivity index (χ0) is 15.6. The quantitative estimate of drug-likeness (QED) is 0.780. The van der Waals surface area contributed by atoms with Crippen molar-refractivity contribution in [3.8, 4) is 0 Å². The maximum absolute atomic E-state index is 12.7. The molecule has 2 aromatic carbocycles. The number of rotatable bonds is 4. The van der Waals surface area contributed by atoms with E-state index in [1.165, 1.54) is 12.1 Å². The van der Waals surface area contributed by atoms with E-state index in [0.29, 0.717) is 5.56 Å². The lowest BCUT2D eigenvalue weighted by Gasteiger charge is -2.15. The molecule has 0 saturated heterocycles. The Morgan fingerprint density at radius 3 is 2.29 bits per heavy atom. The second kappa shape index (κ2) is 6.15. The predicted octanol–water partition coefficient (Wildman–Crippen LogP) is 2.60. The number of sulfone groups is 1. The zero-order valence-corrected chi connectivity index (χ0v) is 14.3. The molecule has 0 radical (unpaired) electrons. The molecule has 21 heavy (non-hydrogen) atoms. The van der Waals surface area contributed by atoms with Gasteiger partial charge in [0.15, 0.2) is 15.1 Å². The van der Waals surface area contributed by atoms with E-state index in [1.807, 2.05) is 13.0 Å². The summed E-state index contributed by atoms with van der Waals surface area (Å²) in [6, 6.07) is 13.2. The predicted molar refractivity (Wildman–Crippen MR) is 89.5 cm³/mol. The number of hydrogen-bond donors (Lipinski definition) is 1. The van der Waals surface area contributed by atoms with Crippen LogP contribution in [0.3, 0.4) is 0 Å². The topological polar surface area (TPSA) is 77.2 Å². The standard InChI is InChI=1S/C15H14INO3S/c1-10-5-7-13(8-6-10)21(19,20)14(15(17)18)11-3-2-4-12(16)9-11/h2-9,14H,1H3,(H2,17,18). The number of benzene rings is 2. The summed E-state index contributed by atoms with van der Waals surface area (Å²) in [5, 5.41) is -1.38. The molecular weight excluding hydrogens is 401 g/mol. The van der Waals surface area contributed by atoms with Gasteiger partial charge in [0.2, 0.25) is 5.91 Å². The number of amides is 1. The van der Waals surface area contributed by atoms with Crippen LogP contribution >= 0.6 is 22.6 Å². The Bertz CT molecular complexity index is 770. The fourth-order valence-corrected chi connectivity index (χ4v) is 4.20. The van der Waals surface area contributed by atoms with Crippen molar-refractivity contribution in [2.24, 2.45) is 5.73 Å². The second-order valence-electron chi connectivity index (χ2n) is 4.70. The van der Waals surface area contributed by atoms with Crippen molar-refractivity contribution in [3.63, 3.8) is 0 Å². The van der Waals surface area contributed by atoms with Crippen molar-refractivity contribution in [2.45, 2.75) is 17.1 Å². The molecule has 0 aliphatic rings. The summed E-state index contributed by atoms with van der Waals surface area (Å²) in [6.07, 6.45) is 0. The lowest BCUT2D eigenvalue weighted by molar-refractivity contribution is -0.117. The van der Waals surface area contributed by atoms with Gasteiger partial charge < -0.3 is 5.73 Å². The number of carbonyl (C=O) groups excluding carboxylic acids is 1. The highest BCUT2D eigenvalue weighted by Gasteiger charge is 2.34. The van der Waals surface area contributed by atoms with Crippen molar-refractivity contribution in [1.29, 1.82) is 0 Å². The summed E-state index contributed by atoms with van der Waals surface area (Å²) in [4.78, 5) is 11.8. The molecule has 110 valence electrons.